The minimum atomic E-state index is -4.52. The van der Waals surface area contributed by atoms with Crippen molar-refractivity contribution in [2.75, 3.05) is 29.4 Å². The van der Waals surface area contributed by atoms with Gasteiger partial charge < -0.3 is 19.5 Å². The van der Waals surface area contributed by atoms with Gasteiger partial charge in [0, 0.05) is 31.1 Å². The molecule has 2 aliphatic heterocycles. The molecular formula is C18H20F3N7OS. The van der Waals surface area contributed by atoms with E-state index in [1.54, 1.807) is 11.3 Å². The van der Waals surface area contributed by atoms with E-state index in [4.69, 9.17) is 4.98 Å². The standard InChI is InChI=1S/C18H20F3N7OS/c1-2-3-11-6-12-14(22-17(23-15(12)30-11)27-7-10(29)8-27)26-4-5-28-13(9-26)24-25-16(28)18(19,20)21/h6,10,29H,2-5,7-9H2,1H3. The van der Waals surface area contributed by atoms with E-state index >= 15 is 0 Å². The molecular weight excluding hydrogens is 419 g/mol. The second-order valence-electron chi connectivity index (χ2n) is 7.60. The molecule has 5 heterocycles. The molecule has 8 nitrogen and oxygen atoms in total. The first kappa shape index (κ1) is 19.5. The van der Waals surface area contributed by atoms with Gasteiger partial charge in [-0.1, -0.05) is 13.3 Å². The molecule has 0 saturated carbocycles. The zero-order valence-electron chi connectivity index (χ0n) is 16.2. The molecule has 0 spiro atoms. The number of β-amino-alcohol motifs (C(OH)–C–C–N with tert-alkyl or cyclic N) is 1. The summed E-state index contributed by atoms with van der Waals surface area (Å²) in [5.74, 6) is 0.541. The Morgan fingerprint density at radius 2 is 1.97 bits per heavy atom. The van der Waals surface area contributed by atoms with E-state index < -0.39 is 12.0 Å². The first-order valence-corrected chi connectivity index (χ1v) is 10.6. The summed E-state index contributed by atoms with van der Waals surface area (Å²) in [4.78, 5) is 15.3. The van der Waals surface area contributed by atoms with Gasteiger partial charge in [0.15, 0.2) is 5.82 Å². The number of halogens is 3. The lowest BCUT2D eigenvalue weighted by atomic mass is 10.2. The third-order valence-electron chi connectivity index (χ3n) is 5.36. The molecule has 12 heteroatoms. The SMILES string of the molecule is CCCc1cc2c(N3CCn4c(nnc4C(F)(F)F)C3)nc(N3CC(O)C3)nc2s1. The smallest absolute Gasteiger partial charge is 0.389 e. The van der Waals surface area contributed by atoms with Gasteiger partial charge in [-0.25, -0.2) is 4.98 Å². The molecule has 1 saturated heterocycles. The third-order valence-corrected chi connectivity index (χ3v) is 6.45. The summed E-state index contributed by atoms with van der Waals surface area (Å²) >= 11 is 1.61. The van der Waals surface area contributed by atoms with Crippen LogP contribution in [0.2, 0.25) is 0 Å². The molecule has 0 aromatic carbocycles. The molecule has 0 bridgehead atoms. The number of aliphatic hydroxyl groups excluding tert-OH is 1. The number of fused-ring (bicyclic) bond motifs is 2. The summed E-state index contributed by atoms with van der Waals surface area (Å²) in [7, 11) is 0. The van der Waals surface area contributed by atoms with Crippen LogP contribution in [0.4, 0.5) is 24.9 Å². The number of thiophene rings is 1. The van der Waals surface area contributed by atoms with Crippen molar-refractivity contribution in [3.05, 3.63) is 22.6 Å². The van der Waals surface area contributed by atoms with E-state index in [1.807, 2.05) is 9.80 Å². The molecule has 0 amide bonds. The van der Waals surface area contributed by atoms with Crippen LogP contribution < -0.4 is 9.80 Å². The van der Waals surface area contributed by atoms with Crippen LogP contribution in [0.15, 0.2) is 6.07 Å². The summed E-state index contributed by atoms with van der Waals surface area (Å²) in [6.07, 6.45) is -2.97. The van der Waals surface area contributed by atoms with E-state index in [1.165, 1.54) is 4.88 Å². The fourth-order valence-electron chi connectivity index (χ4n) is 3.86. The van der Waals surface area contributed by atoms with Gasteiger partial charge in [-0.3, -0.25) is 0 Å². The van der Waals surface area contributed by atoms with Crippen molar-refractivity contribution in [2.45, 2.75) is 45.1 Å². The van der Waals surface area contributed by atoms with Crippen molar-refractivity contribution in [2.24, 2.45) is 0 Å². The van der Waals surface area contributed by atoms with Gasteiger partial charge in [-0.15, -0.1) is 21.5 Å². The highest BCUT2D eigenvalue weighted by Gasteiger charge is 2.40. The van der Waals surface area contributed by atoms with Gasteiger partial charge >= 0.3 is 6.18 Å². The largest absolute Gasteiger partial charge is 0.451 e. The Morgan fingerprint density at radius 1 is 1.17 bits per heavy atom. The Labute approximate surface area is 174 Å². The highest BCUT2D eigenvalue weighted by atomic mass is 32.1. The van der Waals surface area contributed by atoms with E-state index in [2.05, 4.69) is 28.2 Å². The molecule has 30 heavy (non-hydrogen) atoms. The highest BCUT2D eigenvalue weighted by molar-refractivity contribution is 7.18. The average Bonchev–Trinajstić information content (AvgIpc) is 3.27. The number of rotatable bonds is 4. The minimum absolute atomic E-state index is 0.131. The number of hydrogen-bond donors (Lipinski definition) is 1. The Bertz CT molecular complexity index is 1090. The average molecular weight is 439 g/mol. The Morgan fingerprint density at radius 3 is 2.67 bits per heavy atom. The van der Waals surface area contributed by atoms with Crippen LogP contribution in [0.1, 0.15) is 29.9 Å². The number of anilines is 2. The first-order valence-electron chi connectivity index (χ1n) is 9.81. The zero-order valence-corrected chi connectivity index (χ0v) is 17.0. The second kappa shape index (κ2) is 7.05. The highest BCUT2D eigenvalue weighted by Crippen LogP contribution is 2.36. The normalized spacial score (nSPS) is 17.5. The van der Waals surface area contributed by atoms with Gasteiger partial charge in [0.25, 0.3) is 0 Å². The zero-order chi connectivity index (χ0) is 21.0. The van der Waals surface area contributed by atoms with Crippen LogP contribution in [0.5, 0.6) is 0 Å². The maximum atomic E-state index is 13.1. The third kappa shape index (κ3) is 3.27. The molecule has 160 valence electrons. The van der Waals surface area contributed by atoms with Crippen molar-refractivity contribution < 1.29 is 18.3 Å². The van der Waals surface area contributed by atoms with Crippen LogP contribution >= 0.6 is 11.3 Å². The predicted molar refractivity (Wildman–Crippen MR) is 106 cm³/mol. The van der Waals surface area contributed by atoms with Gasteiger partial charge in [-0.2, -0.15) is 18.2 Å². The quantitative estimate of drug-likeness (QED) is 0.669. The predicted octanol–water partition coefficient (Wildman–Crippen LogP) is 2.46. The lowest BCUT2D eigenvalue weighted by Crippen LogP contribution is -2.51. The van der Waals surface area contributed by atoms with Crippen LogP contribution in [-0.2, 0) is 25.7 Å². The Hall–Kier alpha value is -2.47. The number of nitrogens with zero attached hydrogens (tertiary/aromatic N) is 7. The summed E-state index contributed by atoms with van der Waals surface area (Å²) in [5.41, 5.74) is 0. The molecule has 5 rings (SSSR count). The van der Waals surface area contributed by atoms with E-state index in [0.29, 0.717) is 31.4 Å². The first-order chi connectivity index (χ1) is 14.3. The molecule has 0 radical (unpaired) electrons. The van der Waals surface area contributed by atoms with Crippen LogP contribution in [0.25, 0.3) is 10.2 Å². The fourth-order valence-corrected chi connectivity index (χ4v) is 4.98. The molecule has 1 N–H and O–H groups in total. The Balaban J connectivity index is 1.53. The van der Waals surface area contributed by atoms with Crippen molar-refractivity contribution in [3.63, 3.8) is 0 Å². The van der Waals surface area contributed by atoms with Crippen molar-refractivity contribution >= 4 is 33.3 Å². The van der Waals surface area contributed by atoms with E-state index in [-0.39, 0.29) is 25.0 Å². The molecule has 2 aliphatic rings. The van der Waals surface area contributed by atoms with Crippen molar-refractivity contribution in [3.8, 4) is 0 Å². The van der Waals surface area contributed by atoms with Crippen molar-refractivity contribution in [1.29, 1.82) is 0 Å². The number of aryl methyl sites for hydroxylation is 1. The summed E-state index contributed by atoms with van der Waals surface area (Å²) in [6, 6.07) is 2.08. The molecule has 3 aromatic rings. The van der Waals surface area contributed by atoms with Crippen molar-refractivity contribution in [1.82, 2.24) is 24.7 Å². The maximum Gasteiger partial charge on any atom is 0.451 e. The lowest BCUT2D eigenvalue weighted by molar-refractivity contribution is -0.147. The van der Waals surface area contributed by atoms with E-state index in [9.17, 15) is 18.3 Å². The summed E-state index contributed by atoms with van der Waals surface area (Å²) < 4.78 is 40.6. The van der Waals surface area contributed by atoms with Gasteiger partial charge in [-0.05, 0) is 12.5 Å². The number of aromatic nitrogens is 5. The topological polar surface area (TPSA) is 83.2 Å². The van der Waals surface area contributed by atoms with Gasteiger partial charge in [0.1, 0.15) is 10.6 Å². The fraction of sp³-hybridized carbons (Fsp3) is 0.556. The lowest BCUT2D eigenvalue weighted by Gasteiger charge is -2.36. The van der Waals surface area contributed by atoms with Gasteiger partial charge in [0.05, 0.1) is 18.0 Å². The second-order valence-corrected chi connectivity index (χ2v) is 8.71. The number of aliphatic hydroxyl groups is 1. The molecule has 0 aliphatic carbocycles. The molecule has 1 fully saturated rings. The summed E-state index contributed by atoms with van der Waals surface area (Å²) in [5, 5.41) is 17.7. The van der Waals surface area contributed by atoms with Crippen LogP contribution in [0, 0.1) is 0 Å². The van der Waals surface area contributed by atoms with Crippen LogP contribution in [0.3, 0.4) is 0 Å². The minimum Gasteiger partial charge on any atom is -0.389 e. The molecule has 0 atom stereocenters. The summed E-state index contributed by atoms with van der Waals surface area (Å²) in [6.45, 7) is 3.74. The monoisotopic (exact) mass is 439 g/mol. The van der Waals surface area contributed by atoms with Gasteiger partial charge in [0.2, 0.25) is 11.8 Å². The molecule has 3 aromatic heterocycles. The molecule has 0 unspecified atom stereocenters. The maximum absolute atomic E-state index is 13.1. The van der Waals surface area contributed by atoms with E-state index in [0.717, 1.165) is 27.6 Å². The number of hydrogen-bond acceptors (Lipinski definition) is 8. The van der Waals surface area contributed by atoms with Crippen LogP contribution in [-0.4, -0.2) is 55.6 Å². The Kier molecular flexibility index (Phi) is 4.58. The number of alkyl halides is 3.